The minimum absolute atomic E-state index is 0.489. The lowest BCUT2D eigenvalue weighted by atomic mass is 9.78. The summed E-state index contributed by atoms with van der Waals surface area (Å²) >= 11 is 0. The van der Waals surface area contributed by atoms with Crippen molar-refractivity contribution in [2.75, 3.05) is 7.05 Å². The fourth-order valence-corrected chi connectivity index (χ4v) is 2.34. The van der Waals surface area contributed by atoms with Gasteiger partial charge in [-0.15, -0.1) is 0 Å². The molecule has 1 aliphatic rings. The first-order chi connectivity index (χ1) is 10.3. The van der Waals surface area contributed by atoms with Gasteiger partial charge in [-0.3, -0.25) is 9.79 Å². The molecule has 0 aliphatic carbocycles. The molecule has 0 spiro atoms. The van der Waals surface area contributed by atoms with Crippen LogP contribution in [-0.2, 0) is 11.3 Å². The van der Waals surface area contributed by atoms with Crippen molar-refractivity contribution in [3.05, 3.63) is 59.2 Å². The van der Waals surface area contributed by atoms with Gasteiger partial charge in [0.05, 0.1) is 6.61 Å². The Balaban J connectivity index is 1.90. The van der Waals surface area contributed by atoms with Crippen molar-refractivity contribution in [1.82, 2.24) is 0 Å². The van der Waals surface area contributed by atoms with Crippen LogP contribution in [0.25, 0.3) is 0 Å². The quantitative estimate of drug-likeness (QED) is 0.487. The largest absolute Gasteiger partial charge is 0.563 e. The molecule has 0 fully saturated rings. The molecule has 0 aromatic heterocycles. The van der Waals surface area contributed by atoms with E-state index in [0.717, 1.165) is 22.9 Å². The van der Waals surface area contributed by atoms with E-state index >= 15 is 0 Å². The maximum atomic E-state index is 10.9. The highest BCUT2D eigenvalue weighted by molar-refractivity contribution is 6.63. The van der Waals surface area contributed by atoms with E-state index in [-0.39, 0.29) is 0 Å². The topological polar surface area (TPSA) is 47.9 Å². The Morgan fingerprint density at radius 2 is 2.14 bits per heavy atom. The van der Waals surface area contributed by atoms with Gasteiger partial charge in [0, 0.05) is 29.9 Å². The lowest BCUT2D eigenvalue weighted by Gasteiger charge is -2.12. The molecule has 104 valence electrons. The standard InChI is InChI=1S/C16H14BNO3/c1-18-9-13-4-2-3-5-16(13)21-17-15-8-12(10-19)6-7-14(15)11-20-17/h2-10H,11H2,1H3. The number of carbonyl (C=O) groups excluding carboxylic acids is 1. The smallest absolute Gasteiger partial charge is 0.532 e. The van der Waals surface area contributed by atoms with Crippen molar-refractivity contribution in [2.45, 2.75) is 6.61 Å². The molecule has 0 N–H and O–H groups in total. The Bertz CT molecular complexity index is 700. The number of rotatable bonds is 4. The number of hydrogen-bond acceptors (Lipinski definition) is 4. The highest BCUT2D eigenvalue weighted by Crippen LogP contribution is 2.20. The maximum Gasteiger partial charge on any atom is 0.563 e. The Labute approximate surface area is 123 Å². The minimum Gasteiger partial charge on any atom is -0.532 e. The SMILES string of the molecule is CN=Cc1ccccc1OB1OCc2ccc(C=O)cc21. The Kier molecular flexibility index (Phi) is 3.84. The number of para-hydroxylation sites is 1. The first-order valence-electron chi connectivity index (χ1n) is 6.69. The summed E-state index contributed by atoms with van der Waals surface area (Å²) in [5.41, 5.74) is 3.47. The summed E-state index contributed by atoms with van der Waals surface area (Å²) < 4.78 is 11.6. The van der Waals surface area contributed by atoms with Crippen molar-refractivity contribution in [3.63, 3.8) is 0 Å². The van der Waals surface area contributed by atoms with Crippen LogP contribution in [0.1, 0.15) is 21.5 Å². The fraction of sp³-hybridized carbons (Fsp3) is 0.125. The van der Waals surface area contributed by atoms with E-state index in [1.807, 2.05) is 36.4 Å². The van der Waals surface area contributed by atoms with Gasteiger partial charge in [0.1, 0.15) is 12.0 Å². The summed E-state index contributed by atoms with van der Waals surface area (Å²) in [5, 5.41) is 0. The molecule has 0 bridgehead atoms. The van der Waals surface area contributed by atoms with Gasteiger partial charge in [-0.05, 0) is 17.7 Å². The van der Waals surface area contributed by atoms with Crippen LogP contribution < -0.4 is 10.1 Å². The summed E-state index contributed by atoms with van der Waals surface area (Å²) in [6.45, 7) is 0.489. The van der Waals surface area contributed by atoms with Crippen molar-refractivity contribution in [3.8, 4) is 5.75 Å². The lowest BCUT2D eigenvalue weighted by molar-refractivity contribution is 0.112. The third kappa shape index (κ3) is 2.73. The van der Waals surface area contributed by atoms with E-state index in [2.05, 4.69) is 4.99 Å². The summed E-state index contributed by atoms with van der Waals surface area (Å²) in [6, 6.07) is 13.1. The average Bonchev–Trinajstić information content (AvgIpc) is 2.92. The third-order valence-corrected chi connectivity index (χ3v) is 3.37. The van der Waals surface area contributed by atoms with E-state index < -0.39 is 7.12 Å². The molecular weight excluding hydrogens is 265 g/mol. The maximum absolute atomic E-state index is 10.9. The van der Waals surface area contributed by atoms with Crippen LogP contribution in [0.5, 0.6) is 5.75 Å². The predicted octanol–water partition coefficient (Wildman–Crippen LogP) is 1.85. The zero-order valence-electron chi connectivity index (χ0n) is 11.7. The number of hydrogen-bond donors (Lipinski definition) is 0. The highest BCUT2D eigenvalue weighted by Gasteiger charge is 2.33. The van der Waals surface area contributed by atoms with Crippen LogP contribution in [0.3, 0.4) is 0 Å². The number of benzene rings is 2. The van der Waals surface area contributed by atoms with Gasteiger partial charge in [0.15, 0.2) is 0 Å². The molecule has 3 rings (SSSR count). The fourth-order valence-electron chi connectivity index (χ4n) is 2.34. The molecule has 0 saturated carbocycles. The van der Waals surface area contributed by atoms with Gasteiger partial charge in [0.2, 0.25) is 0 Å². The Hall–Kier alpha value is -2.40. The zero-order valence-corrected chi connectivity index (χ0v) is 11.7. The second-order valence-corrected chi connectivity index (χ2v) is 4.76. The second kappa shape index (κ2) is 5.93. The number of aliphatic imine (C=N–C) groups is 1. The van der Waals surface area contributed by atoms with Crippen molar-refractivity contribution >= 4 is 25.1 Å². The molecule has 0 atom stereocenters. The van der Waals surface area contributed by atoms with E-state index in [4.69, 9.17) is 9.31 Å². The summed E-state index contributed by atoms with van der Waals surface area (Å²) in [4.78, 5) is 14.9. The first kappa shape index (κ1) is 13.6. The zero-order chi connectivity index (χ0) is 14.7. The molecule has 2 aromatic carbocycles. The lowest BCUT2D eigenvalue weighted by Crippen LogP contribution is -2.35. The summed E-state index contributed by atoms with van der Waals surface area (Å²) in [7, 11) is 1.22. The van der Waals surface area contributed by atoms with Crippen LogP contribution in [0, 0.1) is 0 Å². The molecule has 21 heavy (non-hydrogen) atoms. The van der Waals surface area contributed by atoms with Crippen LogP contribution in [0.2, 0.25) is 0 Å². The van der Waals surface area contributed by atoms with Gasteiger partial charge in [-0.1, -0.05) is 30.3 Å². The van der Waals surface area contributed by atoms with Crippen molar-refractivity contribution in [1.29, 1.82) is 0 Å². The number of carbonyl (C=O) groups is 1. The number of aldehydes is 1. The van der Waals surface area contributed by atoms with Gasteiger partial charge >= 0.3 is 7.12 Å². The molecule has 0 unspecified atom stereocenters. The molecule has 2 aromatic rings. The first-order valence-corrected chi connectivity index (χ1v) is 6.69. The number of fused-ring (bicyclic) bond motifs is 1. The van der Waals surface area contributed by atoms with Gasteiger partial charge < -0.3 is 9.31 Å². The molecule has 0 radical (unpaired) electrons. The summed E-state index contributed by atoms with van der Waals surface area (Å²) in [6.07, 6.45) is 2.57. The van der Waals surface area contributed by atoms with Gasteiger partial charge in [-0.25, -0.2) is 0 Å². The van der Waals surface area contributed by atoms with Crippen LogP contribution in [-0.4, -0.2) is 26.7 Å². The second-order valence-electron chi connectivity index (χ2n) is 4.76. The number of nitrogens with zero attached hydrogens (tertiary/aromatic N) is 1. The van der Waals surface area contributed by atoms with Crippen LogP contribution in [0.4, 0.5) is 0 Å². The van der Waals surface area contributed by atoms with E-state index in [1.54, 1.807) is 19.3 Å². The van der Waals surface area contributed by atoms with E-state index in [0.29, 0.717) is 17.9 Å². The Morgan fingerprint density at radius 3 is 2.95 bits per heavy atom. The molecule has 5 heteroatoms. The Morgan fingerprint density at radius 1 is 1.29 bits per heavy atom. The van der Waals surface area contributed by atoms with Crippen LogP contribution >= 0.6 is 0 Å². The average molecular weight is 279 g/mol. The van der Waals surface area contributed by atoms with E-state index in [9.17, 15) is 4.79 Å². The molecular formula is C16H14BNO3. The predicted molar refractivity (Wildman–Crippen MR) is 82.6 cm³/mol. The molecule has 4 nitrogen and oxygen atoms in total. The van der Waals surface area contributed by atoms with Crippen molar-refractivity contribution < 1.29 is 14.1 Å². The van der Waals surface area contributed by atoms with Crippen molar-refractivity contribution in [2.24, 2.45) is 4.99 Å². The molecule has 0 saturated heterocycles. The minimum atomic E-state index is -0.494. The normalized spacial score (nSPS) is 13.5. The summed E-state index contributed by atoms with van der Waals surface area (Å²) in [5.74, 6) is 0.706. The monoisotopic (exact) mass is 279 g/mol. The third-order valence-electron chi connectivity index (χ3n) is 3.37. The molecule has 1 heterocycles. The van der Waals surface area contributed by atoms with Crippen LogP contribution in [0.15, 0.2) is 47.5 Å². The van der Waals surface area contributed by atoms with Gasteiger partial charge in [-0.2, -0.15) is 0 Å². The van der Waals surface area contributed by atoms with Gasteiger partial charge in [0.25, 0.3) is 0 Å². The molecule has 0 amide bonds. The highest BCUT2D eigenvalue weighted by atomic mass is 16.6. The molecule has 1 aliphatic heterocycles. The van der Waals surface area contributed by atoms with E-state index in [1.165, 1.54) is 0 Å².